The second-order valence-corrected chi connectivity index (χ2v) is 18.8. The standard InChI is InChI=1S/C49H58F4N2O2S2/c1-8-12-14-30(10-3)16-18-32-20-22-34(44(52)42(32)50)36-24-26-38(58-36)46-40-41(48(56)54(46)7)47(55(49(40)57)28-29(5)6)39-27-25-37(59-39)35-23-21-33(43(51)45(35)53)19-17-31(11-4)15-13-9-2/h20-27,29-31H,8-19,28H2,1-7H3. The Morgan fingerprint density at radius 3 is 1.44 bits per heavy atom. The lowest BCUT2D eigenvalue weighted by atomic mass is 9.92. The lowest BCUT2D eigenvalue weighted by Crippen LogP contribution is -2.30. The van der Waals surface area contributed by atoms with Gasteiger partial charge in [0.25, 0.3) is 11.8 Å². The normalized spacial score (nSPS) is 15.5. The number of rotatable bonds is 20. The van der Waals surface area contributed by atoms with Crippen LogP contribution in [0.25, 0.3) is 32.3 Å². The summed E-state index contributed by atoms with van der Waals surface area (Å²) in [6, 6.07) is 13.5. The number of benzene rings is 2. The van der Waals surface area contributed by atoms with Gasteiger partial charge in [0.05, 0.1) is 32.3 Å². The van der Waals surface area contributed by atoms with E-state index in [1.165, 1.54) is 27.6 Å². The minimum atomic E-state index is -0.902. The zero-order valence-electron chi connectivity index (χ0n) is 35.6. The zero-order chi connectivity index (χ0) is 42.5. The highest BCUT2D eigenvalue weighted by atomic mass is 32.1. The molecule has 59 heavy (non-hydrogen) atoms. The molecule has 2 unspecified atom stereocenters. The molecule has 4 heterocycles. The summed E-state index contributed by atoms with van der Waals surface area (Å²) in [7, 11) is 1.61. The summed E-state index contributed by atoms with van der Waals surface area (Å²) in [5.74, 6) is -3.17. The molecule has 316 valence electrons. The summed E-state index contributed by atoms with van der Waals surface area (Å²) in [5.41, 5.74) is 2.35. The smallest absolute Gasteiger partial charge is 0.261 e. The van der Waals surface area contributed by atoms with Gasteiger partial charge in [-0.05, 0) is 78.8 Å². The first-order valence-electron chi connectivity index (χ1n) is 21.6. The highest BCUT2D eigenvalue weighted by Gasteiger charge is 2.48. The van der Waals surface area contributed by atoms with E-state index in [9.17, 15) is 9.59 Å². The van der Waals surface area contributed by atoms with Gasteiger partial charge in [-0.1, -0.05) is 117 Å². The van der Waals surface area contributed by atoms with Gasteiger partial charge in [-0.3, -0.25) is 9.59 Å². The van der Waals surface area contributed by atoms with Gasteiger partial charge in [-0.2, -0.15) is 0 Å². The molecular weight excluding hydrogens is 789 g/mol. The molecule has 0 fully saturated rings. The van der Waals surface area contributed by atoms with E-state index in [4.69, 9.17) is 0 Å². The van der Waals surface area contributed by atoms with E-state index in [2.05, 4.69) is 27.7 Å². The van der Waals surface area contributed by atoms with Crippen LogP contribution in [0.5, 0.6) is 0 Å². The molecule has 6 rings (SSSR count). The van der Waals surface area contributed by atoms with Crippen LogP contribution >= 0.6 is 22.7 Å². The van der Waals surface area contributed by atoms with Gasteiger partial charge in [0.15, 0.2) is 23.3 Å². The fourth-order valence-corrected chi connectivity index (χ4v) is 10.7. The minimum absolute atomic E-state index is 0.0523. The van der Waals surface area contributed by atoms with Crippen LogP contribution in [0.15, 0.2) is 59.7 Å². The molecule has 2 amide bonds. The first-order chi connectivity index (χ1) is 28.3. The SMILES string of the molecule is CCCCC(CC)CCc1ccc(-c2ccc(C3=C4C(=O)N(CC(C)C)C(c5ccc(-c6ccc(CCC(CC)CCCC)c(F)c6F)s5)=C4C(=O)N3C)s2)c(F)c1F. The van der Waals surface area contributed by atoms with E-state index in [0.29, 0.717) is 73.3 Å². The second kappa shape index (κ2) is 19.6. The van der Waals surface area contributed by atoms with Crippen LogP contribution in [-0.4, -0.2) is 35.2 Å². The molecule has 2 aliphatic rings. The minimum Gasteiger partial charge on any atom is -0.309 e. The van der Waals surface area contributed by atoms with Crippen LogP contribution in [0.4, 0.5) is 17.6 Å². The van der Waals surface area contributed by atoms with Crippen LogP contribution in [-0.2, 0) is 22.4 Å². The van der Waals surface area contributed by atoms with Gasteiger partial charge in [0.2, 0.25) is 0 Å². The predicted molar refractivity (Wildman–Crippen MR) is 236 cm³/mol. The maximum Gasteiger partial charge on any atom is 0.261 e. The number of nitrogens with zero attached hydrogens (tertiary/aromatic N) is 2. The molecule has 0 saturated heterocycles. The van der Waals surface area contributed by atoms with Crippen molar-refractivity contribution in [2.75, 3.05) is 13.6 Å². The Morgan fingerprint density at radius 1 is 0.559 bits per heavy atom. The molecule has 2 aromatic heterocycles. The molecule has 10 heteroatoms. The number of likely N-dealkylation sites (N-methyl/N-ethyl adjacent to an activating group) is 1. The summed E-state index contributed by atoms with van der Waals surface area (Å²) in [6.45, 7) is 12.9. The molecule has 0 N–H and O–H groups in total. The lowest BCUT2D eigenvalue weighted by molar-refractivity contribution is -0.124. The highest BCUT2D eigenvalue weighted by molar-refractivity contribution is 7.17. The largest absolute Gasteiger partial charge is 0.309 e. The van der Waals surface area contributed by atoms with Crippen molar-refractivity contribution in [1.29, 1.82) is 0 Å². The molecule has 0 aliphatic carbocycles. The maximum atomic E-state index is 15.8. The average molecular weight is 847 g/mol. The maximum absolute atomic E-state index is 15.8. The van der Waals surface area contributed by atoms with Crippen LogP contribution in [0, 0.1) is 41.0 Å². The van der Waals surface area contributed by atoms with E-state index in [1.54, 1.807) is 60.5 Å². The molecule has 2 atom stereocenters. The number of aryl methyl sites for hydroxylation is 2. The van der Waals surface area contributed by atoms with Crippen LogP contribution in [0.1, 0.15) is 127 Å². The van der Waals surface area contributed by atoms with Crippen molar-refractivity contribution in [3.63, 3.8) is 0 Å². The third-order valence-corrected chi connectivity index (χ3v) is 14.4. The van der Waals surface area contributed by atoms with Crippen LogP contribution in [0.2, 0.25) is 0 Å². The van der Waals surface area contributed by atoms with Crippen molar-refractivity contribution in [1.82, 2.24) is 9.80 Å². The molecule has 2 aromatic carbocycles. The Labute approximate surface area is 356 Å². The van der Waals surface area contributed by atoms with Gasteiger partial charge in [0, 0.05) is 34.5 Å². The van der Waals surface area contributed by atoms with Crippen molar-refractivity contribution in [3.8, 4) is 20.9 Å². The van der Waals surface area contributed by atoms with Gasteiger partial charge in [-0.25, -0.2) is 17.6 Å². The quantitative estimate of drug-likeness (QED) is 0.0832. The Balaban J connectivity index is 1.32. The monoisotopic (exact) mass is 846 g/mol. The number of hydrogen-bond donors (Lipinski definition) is 0. The van der Waals surface area contributed by atoms with Crippen molar-refractivity contribution < 1.29 is 27.2 Å². The second-order valence-electron chi connectivity index (χ2n) is 16.7. The summed E-state index contributed by atoms with van der Waals surface area (Å²) < 4.78 is 62.5. The Bertz CT molecular complexity index is 2230. The highest BCUT2D eigenvalue weighted by Crippen LogP contribution is 2.50. The number of hydrogen-bond acceptors (Lipinski definition) is 4. The average Bonchev–Trinajstić information content (AvgIpc) is 4.01. The fraction of sp³-hybridized carbons (Fsp3) is 0.469. The molecule has 4 nitrogen and oxygen atoms in total. The first-order valence-corrected chi connectivity index (χ1v) is 23.2. The molecule has 4 aromatic rings. The first kappa shape index (κ1) is 44.5. The molecular formula is C49H58F4N2O2S2. The Kier molecular flexibility index (Phi) is 14.8. The zero-order valence-corrected chi connectivity index (χ0v) is 37.2. The van der Waals surface area contributed by atoms with Gasteiger partial charge in [0.1, 0.15) is 0 Å². The molecule has 0 spiro atoms. The van der Waals surface area contributed by atoms with Crippen molar-refractivity contribution in [3.05, 3.63) is 104 Å². The third-order valence-electron chi connectivity index (χ3n) is 12.1. The Hall–Kier alpha value is -4.02. The molecule has 0 bridgehead atoms. The van der Waals surface area contributed by atoms with E-state index in [-0.39, 0.29) is 40.0 Å². The summed E-state index contributed by atoms with van der Waals surface area (Å²) >= 11 is 2.41. The number of carbonyl (C=O) groups is 2. The fourth-order valence-electron chi connectivity index (χ4n) is 8.52. The number of unbranched alkanes of at least 4 members (excludes halogenated alkanes) is 2. The van der Waals surface area contributed by atoms with Crippen molar-refractivity contribution in [2.45, 2.75) is 119 Å². The lowest BCUT2D eigenvalue weighted by Gasteiger charge is -2.24. The van der Waals surface area contributed by atoms with Gasteiger partial charge < -0.3 is 9.80 Å². The van der Waals surface area contributed by atoms with Crippen molar-refractivity contribution >= 4 is 45.9 Å². The van der Waals surface area contributed by atoms with Crippen molar-refractivity contribution in [2.24, 2.45) is 17.8 Å². The van der Waals surface area contributed by atoms with Crippen LogP contribution in [0.3, 0.4) is 0 Å². The number of halogens is 4. The topological polar surface area (TPSA) is 40.6 Å². The molecule has 2 aliphatic heterocycles. The summed E-state index contributed by atoms with van der Waals surface area (Å²) in [5, 5.41) is 0. The van der Waals surface area contributed by atoms with E-state index in [1.807, 2.05) is 13.8 Å². The van der Waals surface area contributed by atoms with Gasteiger partial charge >= 0.3 is 0 Å². The molecule has 0 saturated carbocycles. The summed E-state index contributed by atoms with van der Waals surface area (Å²) in [6.07, 6.45) is 11.2. The number of carbonyl (C=O) groups excluding carboxylic acids is 2. The molecule has 0 radical (unpaired) electrons. The van der Waals surface area contributed by atoms with E-state index < -0.39 is 23.3 Å². The number of fused-ring (bicyclic) bond motifs is 1. The Morgan fingerprint density at radius 2 is 1.00 bits per heavy atom. The van der Waals surface area contributed by atoms with E-state index >= 15 is 17.6 Å². The number of amides is 2. The van der Waals surface area contributed by atoms with Crippen LogP contribution < -0.4 is 0 Å². The summed E-state index contributed by atoms with van der Waals surface area (Å²) in [4.78, 5) is 33.8. The third kappa shape index (κ3) is 9.19. The van der Waals surface area contributed by atoms with Gasteiger partial charge in [-0.15, -0.1) is 22.7 Å². The van der Waals surface area contributed by atoms with E-state index in [0.717, 1.165) is 64.2 Å². The predicted octanol–water partition coefficient (Wildman–Crippen LogP) is 14.1. The number of thiophene rings is 2.